The Labute approximate surface area is 215 Å². The Bertz CT molecular complexity index is 1210. The lowest BCUT2D eigenvalue weighted by molar-refractivity contribution is -0.122. The summed E-state index contributed by atoms with van der Waals surface area (Å²) in [6, 6.07) is 26.6. The van der Waals surface area contributed by atoms with Crippen LogP contribution >= 0.6 is 24.0 Å². The summed E-state index contributed by atoms with van der Waals surface area (Å²) in [5.41, 5.74) is 1.68. The van der Waals surface area contributed by atoms with E-state index in [4.69, 9.17) is 17.0 Å². The average Bonchev–Trinajstić information content (AvgIpc) is 3.12. The van der Waals surface area contributed by atoms with Gasteiger partial charge >= 0.3 is 0 Å². The summed E-state index contributed by atoms with van der Waals surface area (Å²) < 4.78 is 6.46. The van der Waals surface area contributed by atoms with Crippen LogP contribution in [0.1, 0.15) is 31.2 Å². The lowest BCUT2D eigenvalue weighted by Crippen LogP contribution is -2.29. The number of carbonyl (C=O) groups is 2. The molecule has 35 heavy (non-hydrogen) atoms. The first-order valence-electron chi connectivity index (χ1n) is 11.5. The summed E-state index contributed by atoms with van der Waals surface area (Å²) in [5, 5.41) is 2.89. The lowest BCUT2D eigenvalue weighted by atomic mass is 10.1. The van der Waals surface area contributed by atoms with E-state index in [-0.39, 0.29) is 11.8 Å². The minimum Gasteiger partial charge on any atom is -0.457 e. The van der Waals surface area contributed by atoms with Crippen LogP contribution in [0.4, 0.5) is 5.69 Å². The Balaban J connectivity index is 1.25. The maximum atomic E-state index is 12.9. The maximum absolute atomic E-state index is 12.9. The van der Waals surface area contributed by atoms with E-state index in [9.17, 15) is 9.59 Å². The first kappa shape index (κ1) is 24.7. The van der Waals surface area contributed by atoms with Crippen LogP contribution in [-0.2, 0) is 9.59 Å². The van der Waals surface area contributed by atoms with Crippen LogP contribution in [0, 0.1) is 0 Å². The molecule has 3 aromatic carbocycles. The minimum absolute atomic E-state index is 0.00298. The number of hydrogen-bond acceptors (Lipinski definition) is 5. The number of ether oxygens (including phenoxy) is 1. The van der Waals surface area contributed by atoms with Gasteiger partial charge in [-0.1, -0.05) is 78.9 Å². The average molecular weight is 503 g/mol. The van der Waals surface area contributed by atoms with Crippen LogP contribution in [0.3, 0.4) is 0 Å². The molecule has 7 heteroatoms. The fourth-order valence-electron chi connectivity index (χ4n) is 3.61. The van der Waals surface area contributed by atoms with E-state index in [1.54, 1.807) is 4.90 Å². The Morgan fingerprint density at radius 2 is 1.63 bits per heavy atom. The molecule has 1 heterocycles. The van der Waals surface area contributed by atoms with Crippen LogP contribution in [0.25, 0.3) is 6.08 Å². The molecule has 0 atom stereocenters. The van der Waals surface area contributed by atoms with E-state index < -0.39 is 0 Å². The second-order valence-corrected chi connectivity index (χ2v) is 9.72. The van der Waals surface area contributed by atoms with E-state index in [0.717, 1.165) is 36.3 Å². The van der Waals surface area contributed by atoms with Gasteiger partial charge in [0.1, 0.15) is 15.8 Å². The highest BCUT2D eigenvalue weighted by Gasteiger charge is 2.31. The molecule has 0 bridgehead atoms. The first-order valence-corrected chi connectivity index (χ1v) is 12.7. The third kappa shape index (κ3) is 7.28. The number of anilines is 1. The van der Waals surface area contributed by atoms with E-state index in [0.29, 0.717) is 27.9 Å². The van der Waals surface area contributed by atoms with E-state index >= 15 is 0 Å². The number of nitrogens with zero attached hydrogens (tertiary/aromatic N) is 1. The molecule has 2 amide bonds. The summed E-state index contributed by atoms with van der Waals surface area (Å²) in [6.07, 6.45) is 4.70. The molecule has 0 radical (unpaired) electrons. The molecule has 0 aromatic heterocycles. The lowest BCUT2D eigenvalue weighted by Gasteiger charge is -2.14. The second kappa shape index (κ2) is 12.3. The second-order valence-electron chi connectivity index (χ2n) is 8.05. The number of amides is 2. The number of rotatable bonds is 10. The molecular weight excluding hydrogens is 476 g/mol. The number of para-hydroxylation sites is 2. The van der Waals surface area contributed by atoms with Crippen molar-refractivity contribution in [2.24, 2.45) is 0 Å². The Kier molecular flexibility index (Phi) is 8.70. The Morgan fingerprint density at radius 3 is 2.40 bits per heavy atom. The van der Waals surface area contributed by atoms with Crippen LogP contribution in [0.15, 0.2) is 89.8 Å². The molecule has 178 valence electrons. The normalized spacial score (nSPS) is 14.4. The molecule has 0 spiro atoms. The Morgan fingerprint density at radius 1 is 0.914 bits per heavy atom. The van der Waals surface area contributed by atoms with E-state index in [2.05, 4.69) is 5.32 Å². The van der Waals surface area contributed by atoms with E-state index in [1.807, 2.05) is 91.0 Å². The molecule has 3 aromatic rings. The van der Waals surface area contributed by atoms with Crippen molar-refractivity contribution in [3.8, 4) is 11.5 Å². The quantitative estimate of drug-likeness (QED) is 0.186. The van der Waals surface area contributed by atoms with Crippen molar-refractivity contribution in [2.75, 3.05) is 11.9 Å². The topological polar surface area (TPSA) is 58.6 Å². The van der Waals surface area contributed by atoms with Gasteiger partial charge in [0, 0.05) is 18.7 Å². The van der Waals surface area contributed by atoms with Gasteiger partial charge in [0.25, 0.3) is 5.91 Å². The molecule has 1 fully saturated rings. The number of hydrogen-bond donors (Lipinski definition) is 1. The van der Waals surface area contributed by atoms with Gasteiger partial charge in [-0.3, -0.25) is 14.5 Å². The van der Waals surface area contributed by atoms with Crippen LogP contribution in [-0.4, -0.2) is 27.6 Å². The highest BCUT2D eigenvalue weighted by Crippen LogP contribution is 2.33. The largest absolute Gasteiger partial charge is 0.457 e. The summed E-state index contributed by atoms with van der Waals surface area (Å²) in [5.74, 6) is 1.39. The standard InChI is InChI=1S/C28H26N2O3S2/c31-26(29-22-12-4-1-5-13-22)17-8-3-9-18-30-27(32)25(35-28(30)34)20-21-11-10-16-24(19-21)33-23-14-6-2-7-15-23/h1-2,4-7,10-16,19-20H,3,8-9,17-18H2,(H,29,31)/b25-20-. The van der Waals surface area contributed by atoms with Gasteiger partial charge in [0.2, 0.25) is 5.91 Å². The molecular formula is C28H26N2O3S2. The minimum atomic E-state index is -0.0730. The van der Waals surface area contributed by atoms with Gasteiger partial charge in [-0.05, 0) is 60.9 Å². The molecule has 0 saturated carbocycles. The SMILES string of the molecule is O=C(CCCCCN1C(=O)/C(=C/c2cccc(Oc3ccccc3)c2)SC1=S)Nc1ccccc1. The van der Waals surface area contributed by atoms with Gasteiger partial charge in [0.15, 0.2) is 0 Å². The molecule has 4 rings (SSSR count). The maximum Gasteiger partial charge on any atom is 0.266 e. The molecule has 0 aliphatic carbocycles. The highest BCUT2D eigenvalue weighted by molar-refractivity contribution is 8.26. The predicted molar refractivity (Wildman–Crippen MR) is 146 cm³/mol. The predicted octanol–water partition coefficient (Wildman–Crippen LogP) is 6.88. The van der Waals surface area contributed by atoms with Crippen molar-refractivity contribution < 1.29 is 14.3 Å². The fraction of sp³-hybridized carbons (Fsp3) is 0.179. The molecule has 1 N–H and O–H groups in total. The zero-order valence-electron chi connectivity index (χ0n) is 19.2. The monoisotopic (exact) mass is 502 g/mol. The Hall–Kier alpha value is -3.42. The van der Waals surface area contributed by atoms with Crippen molar-refractivity contribution in [3.63, 3.8) is 0 Å². The van der Waals surface area contributed by atoms with Crippen LogP contribution in [0.5, 0.6) is 11.5 Å². The van der Waals surface area contributed by atoms with Crippen molar-refractivity contribution in [1.82, 2.24) is 4.90 Å². The summed E-state index contributed by atoms with van der Waals surface area (Å²) in [7, 11) is 0. The molecule has 1 aliphatic rings. The third-order valence-electron chi connectivity index (χ3n) is 5.35. The van der Waals surface area contributed by atoms with Crippen molar-refractivity contribution in [1.29, 1.82) is 0 Å². The molecule has 1 saturated heterocycles. The van der Waals surface area contributed by atoms with Crippen LogP contribution < -0.4 is 10.1 Å². The molecule has 5 nitrogen and oxygen atoms in total. The van der Waals surface area contributed by atoms with E-state index in [1.165, 1.54) is 11.8 Å². The summed E-state index contributed by atoms with van der Waals surface area (Å²) >= 11 is 6.77. The fourth-order valence-corrected chi connectivity index (χ4v) is 4.92. The third-order valence-corrected chi connectivity index (χ3v) is 6.73. The number of unbranched alkanes of at least 4 members (excludes halogenated alkanes) is 2. The zero-order valence-corrected chi connectivity index (χ0v) is 20.8. The summed E-state index contributed by atoms with van der Waals surface area (Å²) in [4.78, 5) is 27.2. The first-order chi connectivity index (χ1) is 17.1. The number of thiocarbonyl (C=S) groups is 1. The number of benzene rings is 3. The highest BCUT2D eigenvalue weighted by atomic mass is 32.2. The number of thioether (sulfide) groups is 1. The van der Waals surface area contributed by atoms with Crippen molar-refractivity contribution >= 4 is 51.9 Å². The van der Waals surface area contributed by atoms with Crippen molar-refractivity contribution in [2.45, 2.75) is 25.7 Å². The van der Waals surface area contributed by atoms with Gasteiger partial charge < -0.3 is 10.1 Å². The van der Waals surface area contributed by atoms with Gasteiger partial charge in [-0.25, -0.2) is 0 Å². The number of carbonyl (C=O) groups excluding carboxylic acids is 2. The smallest absolute Gasteiger partial charge is 0.266 e. The zero-order chi connectivity index (χ0) is 24.5. The van der Waals surface area contributed by atoms with Gasteiger partial charge in [0.05, 0.1) is 4.91 Å². The van der Waals surface area contributed by atoms with Gasteiger partial charge in [-0.2, -0.15) is 0 Å². The molecule has 0 unspecified atom stereocenters. The van der Waals surface area contributed by atoms with Crippen molar-refractivity contribution in [3.05, 3.63) is 95.4 Å². The van der Waals surface area contributed by atoms with Gasteiger partial charge in [-0.15, -0.1) is 0 Å². The summed E-state index contributed by atoms with van der Waals surface area (Å²) in [6.45, 7) is 0.555. The number of nitrogens with one attached hydrogen (secondary N) is 1. The molecule has 1 aliphatic heterocycles. The van der Waals surface area contributed by atoms with Crippen LogP contribution in [0.2, 0.25) is 0 Å².